The summed E-state index contributed by atoms with van der Waals surface area (Å²) in [4.78, 5) is 28.4. The molecule has 0 saturated heterocycles. The van der Waals surface area contributed by atoms with E-state index in [-0.39, 0.29) is 29.3 Å². The average Bonchev–Trinajstić information content (AvgIpc) is 3.23. The van der Waals surface area contributed by atoms with Gasteiger partial charge in [0.25, 0.3) is 11.6 Å². The number of nitrogens with zero attached hydrogens (tertiary/aromatic N) is 4. The van der Waals surface area contributed by atoms with E-state index in [0.717, 1.165) is 11.1 Å². The van der Waals surface area contributed by atoms with Crippen molar-refractivity contribution in [2.24, 2.45) is 5.92 Å². The normalized spacial score (nSPS) is 14.1. The molecule has 2 aromatic heterocycles. The molecule has 1 aliphatic rings. The van der Waals surface area contributed by atoms with Crippen molar-refractivity contribution >= 4 is 34.7 Å². The summed E-state index contributed by atoms with van der Waals surface area (Å²) in [5, 5.41) is 18.6. The smallest absolute Gasteiger partial charge is 0.326 e. The molecule has 0 fully saturated rings. The third-order valence-electron chi connectivity index (χ3n) is 5.94. The largest absolute Gasteiger partial charge is 0.858 e. The van der Waals surface area contributed by atoms with Crippen LogP contribution in [-0.4, -0.2) is 33.0 Å². The second kappa shape index (κ2) is 9.06. The summed E-state index contributed by atoms with van der Waals surface area (Å²) in [5.74, 6) is -1.27. The Morgan fingerprint density at radius 3 is 2.47 bits per heavy atom. The van der Waals surface area contributed by atoms with Crippen molar-refractivity contribution in [2.45, 2.75) is 41.0 Å². The molecule has 8 heteroatoms. The van der Waals surface area contributed by atoms with Crippen molar-refractivity contribution < 1.29 is 19.3 Å². The third kappa shape index (κ3) is 4.01. The molecule has 2 amide bonds. The quantitative estimate of drug-likeness (QED) is 0.401. The zero-order valence-corrected chi connectivity index (χ0v) is 20.7. The van der Waals surface area contributed by atoms with Crippen LogP contribution in [0.4, 0.5) is 0 Å². The van der Waals surface area contributed by atoms with E-state index in [1.54, 1.807) is 35.0 Å². The van der Waals surface area contributed by atoms with Gasteiger partial charge in [-0.2, -0.15) is 9.67 Å². The SMILES string of the molecule is CCc1nn(-c2cccc(Cl)c2)c([O-])c1C1=C([n+]2ccc(C)c(C)c2)C(=O)N(CC(C)C)C1=O. The monoisotopic (exact) mass is 478 g/mol. The van der Waals surface area contributed by atoms with E-state index in [2.05, 4.69) is 5.10 Å². The van der Waals surface area contributed by atoms with Gasteiger partial charge in [-0.3, -0.25) is 14.5 Å². The highest BCUT2D eigenvalue weighted by molar-refractivity contribution is 6.45. The van der Waals surface area contributed by atoms with Crippen LogP contribution in [0.15, 0.2) is 42.7 Å². The lowest BCUT2D eigenvalue weighted by Gasteiger charge is -2.17. The second-order valence-corrected chi connectivity index (χ2v) is 9.37. The molecule has 3 aromatic rings. The van der Waals surface area contributed by atoms with Gasteiger partial charge in [0, 0.05) is 28.8 Å². The molecule has 0 radical (unpaired) electrons. The van der Waals surface area contributed by atoms with Gasteiger partial charge in [-0.05, 0) is 55.8 Å². The molecule has 4 rings (SSSR count). The number of carbonyl (C=O) groups excluding carboxylic acids is 2. The molecule has 0 bridgehead atoms. The number of halogens is 1. The van der Waals surface area contributed by atoms with Crippen molar-refractivity contribution in [1.29, 1.82) is 0 Å². The van der Waals surface area contributed by atoms with Gasteiger partial charge in [-0.25, -0.2) is 4.68 Å². The molecule has 0 atom stereocenters. The van der Waals surface area contributed by atoms with Crippen molar-refractivity contribution in [3.05, 3.63) is 70.1 Å². The number of carbonyl (C=O) groups is 2. The maximum atomic E-state index is 13.7. The Morgan fingerprint density at radius 1 is 1.12 bits per heavy atom. The van der Waals surface area contributed by atoms with Crippen molar-refractivity contribution in [2.75, 3.05) is 6.54 Å². The highest BCUT2D eigenvalue weighted by Gasteiger charge is 2.46. The first-order valence-electron chi connectivity index (χ1n) is 11.3. The van der Waals surface area contributed by atoms with Crippen LogP contribution in [0, 0.1) is 19.8 Å². The molecular weight excluding hydrogens is 452 g/mol. The molecular formula is C26H27ClN4O3. The summed E-state index contributed by atoms with van der Waals surface area (Å²) in [5.41, 5.74) is 3.39. The Morgan fingerprint density at radius 2 is 1.85 bits per heavy atom. The zero-order valence-electron chi connectivity index (χ0n) is 19.9. The lowest BCUT2D eigenvalue weighted by Crippen LogP contribution is -2.41. The molecule has 1 aliphatic heterocycles. The fourth-order valence-electron chi connectivity index (χ4n) is 4.10. The van der Waals surface area contributed by atoms with E-state index in [9.17, 15) is 14.7 Å². The standard InChI is InChI=1S/C26H27ClN4O3/c1-6-20-21(25(33)31(28-20)19-9-7-8-18(27)12-19)22-23(29-11-10-16(4)17(5)14-29)26(34)30(24(22)32)13-15(2)3/h7-12,14-15H,6,13H2,1-5H3. The Balaban J connectivity index is 2.00. The Hall–Kier alpha value is -3.45. The van der Waals surface area contributed by atoms with Gasteiger partial charge in [0.1, 0.15) is 5.57 Å². The van der Waals surface area contributed by atoms with Crippen LogP contribution in [0.3, 0.4) is 0 Å². The van der Waals surface area contributed by atoms with Crippen LogP contribution in [0.2, 0.25) is 5.02 Å². The molecule has 0 saturated carbocycles. The zero-order chi connectivity index (χ0) is 24.7. The first kappa shape index (κ1) is 23.7. The number of aryl methyl sites for hydroxylation is 3. The number of pyridine rings is 1. The van der Waals surface area contributed by atoms with Crippen LogP contribution in [-0.2, 0) is 16.0 Å². The minimum atomic E-state index is -0.475. The van der Waals surface area contributed by atoms with Crippen LogP contribution >= 0.6 is 11.6 Å². The van der Waals surface area contributed by atoms with Crippen LogP contribution < -0.4 is 9.67 Å². The van der Waals surface area contributed by atoms with Gasteiger partial charge in [-0.1, -0.05) is 38.4 Å². The maximum Gasteiger partial charge on any atom is 0.326 e. The summed E-state index contributed by atoms with van der Waals surface area (Å²) in [6, 6.07) is 8.69. The summed E-state index contributed by atoms with van der Waals surface area (Å²) < 4.78 is 2.90. The number of rotatable bonds is 6. The van der Waals surface area contributed by atoms with E-state index in [1.165, 1.54) is 9.58 Å². The summed E-state index contributed by atoms with van der Waals surface area (Å²) in [6.45, 7) is 9.91. The average molecular weight is 479 g/mol. The number of benzene rings is 1. The lowest BCUT2D eigenvalue weighted by atomic mass is 10.0. The van der Waals surface area contributed by atoms with Crippen molar-refractivity contribution in [1.82, 2.24) is 14.7 Å². The Labute approximate surface area is 203 Å². The fourth-order valence-corrected chi connectivity index (χ4v) is 4.29. The minimum absolute atomic E-state index is 0.0739. The molecule has 3 heterocycles. The number of hydrogen-bond acceptors (Lipinski definition) is 4. The predicted octanol–water partition coefficient (Wildman–Crippen LogP) is 3.46. The molecule has 0 spiro atoms. The number of hydrogen-bond donors (Lipinski definition) is 0. The van der Waals surface area contributed by atoms with Crippen molar-refractivity contribution in [3.8, 4) is 11.6 Å². The molecule has 176 valence electrons. The van der Waals surface area contributed by atoms with Crippen LogP contribution in [0.25, 0.3) is 17.0 Å². The summed E-state index contributed by atoms with van der Waals surface area (Å²) in [7, 11) is 0. The van der Waals surface area contributed by atoms with E-state index < -0.39 is 17.7 Å². The van der Waals surface area contributed by atoms with Gasteiger partial charge in [0.2, 0.25) is 0 Å². The van der Waals surface area contributed by atoms with E-state index in [0.29, 0.717) is 22.8 Å². The highest BCUT2D eigenvalue weighted by Crippen LogP contribution is 2.37. The molecule has 0 unspecified atom stereocenters. The van der Waals surface area contributed by atoms with Gasteiger partial charge in [0.15, 0.2) is 12.4 Å². The summed E-state index contributed by atoms with van der Waals surface area (Å²) in [6.07, 6.45) is 3.98. The van der Waals surface area contributed by atoms with E-state index in [4.69, 9.17) is 11.6 Å². The lowest BCUT2D eigenvalue weighted by molar-refractivity contribution is -0.577. The first-order chi connectivity index (χ1) is 16.1. The first-order valence-corrected chi connectivity index (χ1v) is 11.7. The number of aromatic nitrogens is 3. The second-order valence-electron chi connectivity index (χ2n) is 8.93. The van der Waals surface area contributed by atoms with Gasteiger partial charge < -0.3 is 5.11 Å². The maximum absolute atomic E-state index is 13.7. The molecule has 0 N–H and O–H groups in total. The molecule has 7 nitrogen and oxygen atoms in total. The summed E-state index contributed by atoms with van der Waals surface area (Å²) >= 11 is 6.13. The topological polar surface area (TPSA) is 82.1 Å². The third-order valence-corrected chi connectivity index (χ3v) is 6.18. The van der Waals surface area contributed by atoms with Gasteiger partial charge in [-0.15, -0.1) is 0 Å². The number of amides is 2. The predicted molar refractivity (Wildman–Crippen MR) is 128 cm³/mol. The van der Waals surface area contributed by atoms with Crippen molar-refractivity contribution in [3.63, 3.8) is 0 Å². The van der Waals surface area contributed by atoms with E-state index in [1.807, 2.05) is 46.9 Å². The Bertz CT molecular complexity index is 1340. The highest BCUT2D eigenvalue weighted by atomic mass is 35.5. The minimum Gasteiger partial charge on any atom is -0.858 e. The van der Waals surface area contributed by atoms with Crippen LogP contribution in [0.1, 0.15) is 43.2 Å². The van der Waals surface area contributed by atoms with Gasteiger partial charge in [0.05, 0.1) is 11.4 Å². The molecule has 1 aromatic carbocycles. The Kier molecular flexibility index (Phi) is 6.32. The van der Waals surface area contributed by atoms with Gasteiger partial charge >= 0.3 is 5.91 Å². The van der Waals surface area contributed by atoms with E-state index >= 15 is 0 Å². The molecule has 34 heavy (non-hydrogen) atoms. The molecule has 0 aliphatic carbocycles. The fraction of sp³-hybridized carbons (Fsp3) is 0.308. The van der Waals surface area contributed by atoms with Crippen LogP contribution in [0.5, 0.6) is 5.88 Å². The number of imide groups is 1.